The Balaban J connectivity index is 1.51. The molecule has 3 heterocycles. The topological polar surface area (TPSA) is 105 Å². The number of likely N-dealkylation sites (tertiary alicyclic amines) is 1. The molecule has 0 bridgehead atoms. The highest BCUT2D eigenvalue weighted by molar-refractivity contribution is 5.78. The van der Waals surface area contributed by atoms with Crippen LogP contribution in [0.25, 0.3) is 0 Å². The molecule has 9 nitrogen and oxygen atoms in total. The van der Waals surface area contributed by atoms with Gasteiger partial charge in [-0.1, -0.05) is 0 Å². The second-order valence-corrected chi connectivity index (χ2v) is 8.13. The number of nitrogens with one attached hydrogen (secondary N) is 1. The molecule has 1 N–H and O–H groups in total. The molecule has 2 amide bonds. The molecule has 1 atom stereocenters. The van der Waals surface area contributed by atoms with Crippen LogP contribution in [0.15, 0.2) is 29.1 Å². The standard InChI is InChI=1S/C23H28N4O5/c1-15(28)26-12-10-18-19(13-26)24-22(25-23(18)30)20-5-3-4-11-27(20)21(29)14-32-17-8-6-16(31-2)7-9-17/h6-9,20H,3-5,10-14H2,1-2H3,(H,24,25,30)/t20-/m0/s1. The van der Waals surface area contributed by atoms with Gasteiger partial charge in [-0.25, -0.2) is 4.98 Å². The van der Waals surface area contributed by atoms with Gasteiger partial charge in [-0.15, -0.1) is 0 Å². The van der Waals surface area contributed by atoms with E-state index in [1.54, 1.807) is 41.2 Å². The lowest BCUT2D eigenvalue weighted by Crippen LogP contribution is -2.43. The number of hydrogen-bond acceptors (Lipinski definition) is 6. The number of piperidine rings is 1. The van der Waals surface area contributed by atoms with E-state index in [2.05, 4.69) is 4.98 Å². The Hall–Kier alpha value is -3.36. The van der Waals surface area contributed by atoms with Gasteiger partial charge in [0.25, 0.3) is 11.5 Å². The van der Waals surface area contributed by atoms with E-state index in [0.717, 1.165) is 12.8 Å². The molecule has 0 spiro atoms. The Morgan fingerprint density at radius 3 is 2.62 bits per heavy atom. The number of methoxy groups -OCH3 is 1. The summed E-state index contributed by atoms with van der Waals surface area (Å²) in [4.78, 5) is 48.5. The molecular weight excluding hydrogens is 412 g/mol. The van der Waals surface area contributed by atoms with Crippen LogP contribution in [0, 0.1) is 0 Å². The minimum atomic E-state index is -0.318. The Morgan fingerprint density at radius 1 is 1.16 bits per heavy atom. The average molecular weight is 441 g/mol. The third-order valence-electron chi connectivity index (χ3n) is 6.10. The zero-order valence-corrected chi connectivity index (χ0v) is 18.4. The molecule has 4 rings (SSSR count). The maximum absolute atomic E-state index is 13.0. The summed E-state index contributed by atoms with van der Waals surface area (Å²) in [5.41, 5.74) is 1.07. The number of nitrogens with zero attached hydrogens (tertiary/aromatic N) is 3. The minimum Gasteiger partial charge on any atom is -0.497 e. The van der Waals surface area contributed by atoms with Crippen LogP contribution in [0.1, 0.15) is 49.3 Å². The number of benzene rings is 1. The lowest BCUT2D eigenvalue weighted by molar-refractivity contribution is -0.137. The van der Waals surface area contributed by atoms with Crippen LogP contribution in [-0.4, -0.2) is 58.4 Å². The summed E-state index contributed by atoms with van der Waals surface area (Å²) in [7, 11) is 1.59. The molecule has 9 heteroatoms. The highest BCUT2D eigenvalue weighted by atomic mass is 16.5. The fourth-order valence-corrected chi connectivity index (χ4v) is 4.30. The van der Waals surface area contributed by atoms with Crippen LogP contribution in [0.2, 0.25) is 0 Å². The number of aromatic amines is 1. The highest BCUT2D eigenvalue weighted by Gasteiger charge is 2.32. The van der Waals surface area contributed by atoms with Crippen molar-refractivity contribution in [2.75, 3.05) is 26.8 Å². The first-order valence-corrected chi connectivity index (χ1v) is 10.9. The van der Waals surface area contributed by atoms with Gasteiger partial charge < -0.3 is 24.3 Å². The van der Waals surface area contributed by atoms with Crippen molar-refractivity contribution in [2.24, 2.45) is 0 Å². The second kappa shape index (κ2) is 9.42. The smallest absolute Gasteiger partial charge is 0.261 e. The van der Waals surface area contributed by atoms with Crippen molar-refractivity contribution >= 4 is 11.8 Å². The zero-order chi connectivity index (χ0) is 22.7. The van der Waals surface area contributed by atoms with E-state index in [1.165, 1.54) is 6.92 Å². The Morgan fingerprint density at radius 2 is 1.91 bits per heavy atom. The van der Waals surface area contributed by atoms with E-state index >= 15 is 0 Å². The average Bonchev–Trinajstić information content (AvgIpc) is 2.82. The second-order valence-electron chi connectivity index (χ2n) is 8.13. The maximum atomic E-state index is 13.0. The van der Waals surface area contributed by atoms with Gasteiger partial charge in [0.2, 0.25) is 5.91 Å². The van der Waals surface area contributed by atoms with E-state index in [0.29, 0.717) is 61.1 Å². The molecule has 1 aromatic carbocycles. The first-order chi connectivity index (χ1) is 15.5. The summed E-state index contributed by atoms with van der Waals surface area (Å²) >= 11 is 0. The molecule has 0 saturated carbocycles. The summed E-state index contributed by atoms with van der Waals surface area (Å²) in [6, 6.07) is 6.73. The number of ether oxygens (including phenoxy) is 2. The van der Waals surface area contributed by atoms with E-state index in [9.17, 15) is 14.4 Å². The fraction of sp³-hybridized carbons (Fsp3) is 0.478. The minimum absolute atomic E-state index is 0.0376. The Bertz CT molecular complexity index is 1050. The van der Waals surface area contributed by atoms with Crippen LogP contribution in [0.3, 0.4) is 0 Å². The molecule has 2 aliphatic rings. The first kappa shape index (κ1) is 21.9. The quantitative estimate of drug-likeness (QED) is 0.760. The van der Waals surface area contributed by atoms with Crippen LogP contribution >= 0.6 is 0 Å². The van der Waals surface area contributed by atoms with E-state index < -0.39 is 0 Å². The molecule has 1 fully saturated rings. The normalized spacial score (nSPS) is 18.1. The Labute approximate surface area is 186 Å². The highest BCUT2D eigenvalue weighted by Crippen LogP contribution is 2.29. The number of fused-ring (bicyclic) bond motifs is 1. The zero-order valence-electron chi connectivity index (χ0n) is 18.4. The number of carbonyl (C=O) groups is 2. The van der Waals surface area contributed by atoms with Crippen molar-refractivity contribution in [3.63, 3.8) is 0 Å². The third-order valence-corrected chi connectivity index (χ3v) is 6.10. The molecule has 0 unspecified atom stereocenters. The van der Waals surface area contributed by atoms with Gasteiger partial charge in [0.1, 0.15) is 17.3 Å². The van der Waals surface area contributed by atoms with E-state index in [-0.39, 0.29) is 30.0 Å². The first-order valence-electron chi connectivity index (χ1n) is 10.9. The molecule has 170 valence electrons. The third kappa shape index (κ3) is 4.61. The number of hydrogen-bond donors (Lipinski definition) is 1. The van der Waals surface area contributed by atoms with Gasteiger partial charge in [0.05, 0.1) is 25.4 Å². The van der Waals surface area contributed by atoms with Crippen molar-refractivity contribution in [1.82, 2.24) is 19.8 Å². The van der Waals surface area contributed by atoms with E-state index in [4.69, 9.17) is 14.5 Å². The van der Waals surface area contributed by atoms with Gasteiger partial charge in [-0.2, -0.15) is 0 Å². The SMILES string of the molecule is COc1ccc(OCC(=O)N2CCCC[C@H]2c2nc3c(c(=O)[nH]2)CCN(C(C)=O)C3)cc1. The molecule has 1 saturated heterocycles. The Kier molecular flexibility index (Phi) is 6.43. The molecule has 2 aliphatic heterocycles. The molecule has 0 radical (unpaired) electrons. The predicted molar refractivity (Wildman–Crippen MR) is 116 cm³/mol. The summed E-state index contributed by atoms with van der Waals surface area (Å²) in [5, 5.41) is 0. The summed E-state index contributed by atoms with van der Waals surface area (Å²) in [6.45, 7) is 2.83. The van der Waals surface area contributed by atoms with Crippen molar-refractivity contribution in [3.05, 3.63) is 51.7 Å². The fourth-order valence-electron chi connectivity index (χ4n) is 4.30. The summed E-state index contributed by atoms with van der Waals surface area (Å²) in [6.07, 6.45) is 3.03. The molecule has 1 aromatic heterocycles. The van der Waals surface area contributed by atoms with Gasteiger partial charge in [0, 0.05) is 25.6 Å². The van der Waals surface area contributed by atoms with Crippen LogP contribution in [0.4, 0.5) is 0 Å². The predicted octanol–water partition coefficient (Wildman–Crippen LogP) is 1.82. The van der Waals surface area contributed by atoms with Crippen LogP contribution in [0.5, 0.6) is 11.5 Å². The van der Waals surface area contributed by atoms with Gasteiger partial charge >= 0.3 is 0 Å². The number of amides is 2. The van der Waals surface area contributed by atoms with Crippen molar-refractivity contribution in [2.45, 2.75) is 45.2 Å². The largest absolute Gasteiger partial charge is 0.497 e. The monoisotopic (exact) mass is 440 g/mol. The number of H-pyrrole nitrogens is 1. The van der Waals surface area contributed by atoms with Gasteiger partial charge in [-0.05, 0) is 49.9 Å². The maximum Gasteiger partial charge on any atom is 0.261 e. The van der Waals surface area contributed by atoms with Crippen LogP contribution in [-0.2, 0) is 22.6 Å². The number of carbonyl (C=O) groups excluding carboxylic acids is 2. The van der Waals surface area contributed by atoms with Crippen molar-refractivity contribution < 1.29 is 19.1 Å². The molecule has 0 aliphatic carbocycles. The molecule has 2 aromatic rings. The molecule has 32 heavy (non-hydrogen) atoms. The lowest BCUT2D eigenvalue weighted by Gasteiger charge is -2.35. The van der Waals surface area contributed by atoms with Crippen LogP contribution < -0.4 is 15.0 Å². The van der Waals surface area contributed by atoms with Gasteiger partial charge in [0.15, 0.2) is 6.61 Å². The lowest BCUT2D eigenvalue weighted by atomic mass is 10.00. The van der Waals surface area contributed by atoms with Crippen molar-refractivity contribution in [1.29, 1.82) is 0 Å². The van der Waals surface area contributed by atoms with Crippen molar-refractivity contribution in [3.8, 4) is 11.5 Å². The van der Waals surface area contributed by atoms with E-state index in [1.807, 2.05) is 0 Å². The molecular formula is C23H28N4O5. The number of aromatic nitrogens is 2. The van der Waals surface area contributed by atoms with Gasteiger partial charge in [-0.3, -0.25) is 14.4 Å². The summed E-state index contributed by atoms with van der Waals surface area (Å²) in [5.74, 6) is 1.58. The summed E-state index contributed by atoms with van der Waals surface area (Å²) < 4.78 is 10.8. The number of rotatable bonds is 5.